The van der Waals surface area contributed by atoms with Gasteiger partial charge in [-0.2, -0.15) is 0 Å². The summed E-state index contributed by atoms with van der Waals surface area (Å²) in [6.45, 7) is 2.02. The number of hydrogen-bond acceptors (Lipinski definition) is 2. The molecule has 0 saturated carbocycles. The number of amides is 1. The van der Waals surface area contributed by atoms with Crippen LogP contribution < -0.4 is 11.1 Å². The zero-order valence-corrected chi connectivity index (χ0v) is 10.6. The van der Waals surface area contributed by atoms with Crippen molar-refractivity contribution < 1.29 is 9.18 Å². The summed E-state index contributed by atoms with van der Waals surface area (Å²) < 4.78 is 12.8. The SMILES string of the molecule is CCc1ccc(NC(=O)c2ccc(F)cc2)cc1N. The molecule has 0 atom stereocenters. The molecule has 0 aliphatic carbocycles. The normalized spacial score (nSPS) is 10.2. The highest BCUT2D eigenvalue weighted by atomic mass is 19.1. The van der Waals surface area contributed by atoms with E-state index < -0.39 is 0 Å². The van der Waals surface area contributed by atoms with Gasteiger partial charge in [0.05, 0.1) is 0 Å². The first kappa shape index (κ1) is 13.1. The molecule has 4 heteroatoms. The van der Waals surface area contributed by atoms with Crippen molar-refractivity contribution in [1.82, 2.24) is 0 Å². The third kappa shape index (κ3) is 3.10. The van der Waals surface area contributed by atoms with Gasteiger partial charge in [0.25, 0.3) is 5.91 Å². The van der Waals surface area contributed by atoms with Crippen molar-refractivity contribution in [2.24, 2.45) is 0 Å². The first-order valence-corrected chi connectivity index (χ1v) is 6.05. The monoisotopic (exact) mass is 258 g/mol. The molecular formula is C15H15FN2O. The van der Waals surface area contributed by atoms with Crippen LogP contribution >= 0.6 is 0 Å². The van der Waals surface area contributed by atoms with Gasteiger partial charge in [-0.3, -0.25) is 4.79 Å². The third-order valence-corrected chi connectivity index (χ3v) is 2.89. The molecular weight excluding hydrogens is 243 g/mol. The summed E-state index contributed by atoms with van der Waals surface area (Å²) in [6.07, 6.45) is 0.845. The van der Waals surface area contributed by atoms with Crippen LogP contribution in [0.2, 0.25) is 0 Å². The fraction of sp³-hybridized carbons (Fsp3) is 0.133. The zero-order valence-electron chi connectivity index (χ0n) is 10.6. The van der Waals surface area contributed by atoms with Gasteiger partial charge in [-0.05, 0) is 48.4 Å². The summed E-state index contributed by atoms with van der Waals surface area (Å²) in [5.74, 6) is -0.656. The van der Waals surface area contributed by atoms with E-state index in [2.05, 4.69) is 5.32 Å². The predicted octanol–water partition coefficient (Wildman–Crippen LogP) is 3.22. The molecule has 0 aromatic heterocycles. The second-order valence-corrected chi connectivity index (χ2v) is 4.23. The van der Waals surface area contributed by atoms with Crippen molar-refractivity contribution in [3.8, 4) is 0 Å². The molecule has 2 aromatic carbocycles. The minimum absolute atomic E-state index is 0.288. The Kier molecular flexibility index (Phi) is 3.80. The Bertz CT molecular complexity index is 594. The van der Waals surface area contributed by atoms with Crippen molar-refractivity contribution in [3.05, 3.63) is 59.4 Å². The number of anilines is 2. The standard InChI is InChI=1S/C15H15FN2O/c1-2-10-5-8-13(9-14(10)17)18-15(19)11-3-6-12(16)7-4-11/h3-9H,2,17H2,1H3,(H,18,19). The van der Waals surface area contributed by atoms with Gasteiger partial charge in [-0.1, -0.05) is 13.0 Å². The van der Waals surface area contributed by atoms with E-state index >= 15 is 0 Å². The molecule has 0 heterocycles. The summed E-state index contributed by atoms with van der Waals surface area (Å²) in [5, 5.41) is 2.73. The lowest BCUT2D eigenvalue weighted by Crippen LogP contribution is -2.12. The van der Waals surface area contributed by atoms with Crippen LogP contribution in [0.15, 0.2) is 42.5 Å². The number of rotatable bonds is 3. The average Bonchev–Trinajstić information content (AvgIpc) is 2.39. The predicted molar refractivity (Wildman–Crippen MR) is 74.6 cm³/mol. The van der Waals surface area contributed by atoms with Gasteiger partial charge >= 0.3 is 0 Å². The number of carbonyl (C=O) groups excluding carboxylic acids is 1. The number of hydrogen-bond donors (Lipinski definition) is 2. The van der Waals surface area contributed by atoms with Crippen molar-refractivity contribution in [3.63, 3.8) is 0 Å². The smallest absolute Gasteiger partial charge is 0.255 e. The highest BCUT2D eigenvalue weighted by molar-refractivity contribution is 6.04. The fourth-order valence-electron chi connectivity index (χ4n) is 1.80. The largest absolute Gasteiger partial charge is 0.398 e. The maximum atomic E-state index is 12.8. The van der Waals surface area contributed by atoms with Crippen molar-refractivity contribution in [2.45, 2.75) is 13.3 Å². The molecule has 0 fully saturated rings. The molecule has 98 valence electrons. The highest BCUT2D eigenvalue weighted by Crippen LogP contribution is 2.19. The molecule has 0 unspecified atom stereocenters. The van der Waals surface area contributed by atoms with Crippen molar-refractivity contribution in [2.75, 3.05) is 11.1 Å². The van der Waals surface area contributed by atoms with Crippen LogP contribution in [0.3, 0.4) is 0 Å². The summed E-state index contributed by atoms with van der Waals surface area (Å²) >= 11 is 0. The minimum Gasteiger partial charge on any atom is -0.398 e. The van der Waals surface area contributed by atoms with E-state index in [0.29, 0.717) is 16.9 Å². The van der Waals surface area contributed by atoms with Crippen LogP contribution in [0.4, 0.5) is 15.8 Å². The lowest BCUT2D eigenvalue weighted by atomic mass is 10.1. The van der Waals surface area contributed by atoms with Crippen LogP contribution in [0.5, 0.6) is 0 Å². The Labute approximate surface area is 111 Å². The van der Waals surface area contributed by atoms with Gasteiger partial charge in [-0.15, -0.1) is 0 Å². The number of nitrogens with two attached hydrogens (primary N) is 1. The molecule has 1 amide bonds. The Morgan fingerprint density at radius 2 is 1.89 bits per heavy atom. The third-order valence-electron chi connectivity index (χ3n) is 2.89. The molecule has 0 spiro atoms. The summed E-state index contributed by atoms with van der Waals surface area (Å²) in [7, 11) is 0. The zero-order chi connectivity index (χ0) is 13.8. The van der Waals surface area contributed by atoms with Crippen molar-refractivity contribution >= 4 is 17.3 Å². The van der Waals surface area contributed by atoms with Crippen LogP contribution in [0, 0.1) is 5.82 Å². The number of nitrogens with one attached hydrogen (secondary N) is 1. The van der Waals surface area contributed by atoms with E-state index in [0.717, 1.165) is 12.0 Å². The van der Waals surface area contributed by atoms with E-state index in [4.69, 9.17) is 5.73 Å². The van der Waals surface area contributed by atoms with E-state index in [1.165, 1.54) is 24.3 Å². The first-order valence-electron chi connectivity index (χ1n) is 6.05. The quantitative estimate of drug-likeness (QED) is 0.830. The molecule has 2 aromatic rings. The maximum Gasteiger partial charge on any atom is 0.255 e. The number of nitrogen functional groups attached to an aromatic ring is 1. The number of aryl methyl sites for hydroxylation is 1. The number of benzene rings is 2. The Balaban J connectivity index is 2.14. The van der Waals surface area contributed by atoms with E-state index in [1.54, 1.807) is 12.1 Å². The molecule has 3 N–H and O–H groups in total. The Hall–Kier alpha value is -2.36. The molecule has 0 aliphatic rings. The van der Waals surface area contributed by atoms with Gasteiger partial charge < -0.3 is 11.1 Å². The molecule has 0 saturated heterocycles. The van der Waals surface area contributed by atoms with Gasteiger partial charge in [0.1, 0.15) is 5.82 Å². The van der Waals surface area contributed by atoms with Crippen LogP contribution in [0.1, 0.15) is 22.8 Å². The molecule has 0 aliphatic heterocycles. The Morgan fingerprint density at radius 3 is 2.47 bits per heavy atom. The lowest BCUT2D eigenvalue weighted by Gasteiger charge is -2.08. The number of halogens is 1. The van der Waals surface area contributed by atoms with Gasteiger partial charge in [0.15, 0.2) is 0 Å². The molecule has 19 heavy (non-hydrogen) atoms. The first-order chi connectivity index (χ1) is 9.10. The van der Waals surface area contributed by atoms with Crippen LogP contribution in [0.25, 0.3) is 0 Å². The topological polar surface area (TPSA) is 55.1 Å². The Morgan fingerprint density at radius 1 is 1.21 bits per heavy atom. The van der Waals surface area contributed by atoms with Gasteiger partial charge in [-0.25, -0.2) is 4.39 Å². The van der Waals surface area contributed by atoms with Crippen molar-refractivity contribution in [1.29, 1.82) is 0 Å². The minimum atomic E-state index is -0.368. The second-order valence-electron chi connectivity index (χ2n) is 4.23. The van der Waals surface area contributed by atoms with Gasteiger partial charge in [0, 0.05) is 16.9 Å². The molecule has 0 bridgehead atoms. The van der Waals surface area contributed by atoms with E-state index in [-0.39, 0.29) is 11.7 Å². The summed E-state index contributed by atoms with van der Waals surface area (Å²) in [6, 6.07) is 10.8. The summed E-state index contributed by atoms with van der Waals surface area (Å²) in [4.78, 5) is 11.9. The fourth-order valence-corrected chi connectivity index (χ4v) is 1.80. The molecule has 0 radical (unpaired) electrons. The molecule has 2 rings (SSSR count). The summed E-state index contributed by atoms with van der Waals surface area (Å²) in [5.41, 5.74) is 8.59. The lowest BCUT2D eigenvalue weighted by molar-refractivity contribution is 0.102. The van der Waals surface area contributed by atoms with E-state index in [9.17, 15) is 9.18 Å². The van der Waals surface area contributed by atoms with Gasteiger partial charge in [0.2, 0.25) is 0 Å². The van der Waals surface area contributed by atoms with Crippen LogP contribution in [-0.2, 0) is 6.42 Å². The van der Waals surface area contributed by atoms with Crippen LogP contribution in [-0.4, -0.2) is 5.91 Å². The molecule has 3 nitrogen and oxygen atoms in total. The van der Waals surface area contributed by atoms with E-state index in [1.807, 2.05) is 13.0 Å². The second kappa shape index (κ2) is 5.52. The highest BCUT2D eigenvalue weighted by Gasteiger charge is 2.07. The number of carbonyl (C=O) groups is 1. The average molecular weight is 258 g/mol. The maximum absolute atomic E-state index is 12.8.